The SMILES string of the molecule is Cc1nc(NCc2ccncc2)cc(C(=O)Nc2ccccc2Br)n1. The Hall–Kier alpha value is -2.80. The van der Waals surface area contributed by atoms with Crippen LogP contribution in [-0.2, 0) is 6.54 Å². The number of anilines is 2. The van der Waals surface area contributed by atoms with Gasteiger partial charge in [0.15, 0.2) is 0 Å². The van der Waals surface area contributed by atoms with Gasteiger partial charge in [-0.1, -0.05) is 12.1 Å². The minimum Gasteiger partial charge on any atom is -0.366 e. The van der Waals surface area contributed by atoms with E-state index < -0.39 is 0 Å². The molecule has 0 saturated heterocycles. The molecule has 1 amide bonds. The molecule has 0 unspecified atom stereocenters. The molecule has 0 aliphatic heterocycles. The van der Waals surface area contributed by atoms with E-state index in [1.54, 1.807) is 25.4 Å². The van der Waals surface area contributed by atoms with Gasteiger partial charge in [-0.15, -0.1) is 0 Å². The van der Waals surface area contributed by atoms with E-state index in [2.05, 4.69) is 41.5 Å². The van der Waals surface area contributed by atoms with Gasteiger partial charge in [0.1, 0.15) is 17.3 Å². The molecule has 3 aromatic rings. The second-order valence-electron chi connectivity index (χ2n) is 5.33. The minimum absolute atomic E-state index is 0.288. The second kappa shape index (κ2) is 7.85. The first-order valence-corrected chi connectivity index (χ1v) is 8.45. The number of nitrogens with one attached hydrogen (secondary N) is 2. The molecule has 0 aliphatic rings. The van der Waals surface area contributed by atoms with Gasteiger partial charge in [0.2, 0.25) is 0 Å². The van der Waals surface area contributed by atoms with Gasteiger partial charge in [-0.25, -0.2) is 9.97 Å². The Balaban J connectivity index is 1.74. The van der Waals surface area contributed by atoms with Crippen LogP contribution in [0, 0.1) is 6.92 Å². The van der Waals surface area contributed by atoms with Crippen LogP contribution in [0.2, 0.25) is 0 Å². The fraction of sp³-hybridized carbons (Fsp3) is 0.111. The maximum absolute atomic E-state index is 12.5. The maximum Gasteiger partial charge on any atom is 0.274 e. The smallest absolute Gasteiger partial charge is 0.274 e. The maximum atomic E-state index is 12.5. The lowest BCUT2D eigenvalue weighted by molar-refractivity contribution is 0.102. The molecule has 0 saturated carbocycles. The fourth-order valence-electron chi connectivity index (χ4n) is 2.22. The molecule has 0 bridgehead atoms. The Morgan fingerprint density at radius 3 is 2.64 bits per heavy atom. The molecule has 0 atom stereocenters. The number of nitrogens with zero attached hydrogens (tertiary/aromatic N) is 3. The number of amides is 1. The lowest BCUT2D eigenvalue weighted by atomic mass is 10.2. The molecular weight excluding hydrogens is 382 g/mol. The van der Waals surface area contributed by atoms with Crippen molar-refractivity contribution in [1.82, 2.24) is 15.0 Å². The third-order valence-electron chi connectivity index (χ3n) is 3.42. The van der Waals surface area contributed by atoms with Crippen LogP contribution in [0.15, 0.2) is 59.3 Å². The van der Waals surface area contributed by atoms with Crippen LogP contribution >= 0.6 is 15.9 Å². The Bertz CT molecular complexity index is 886. The van der Waals surface area contributed by atoms with Crippen molar-refractivity contribution in [3.8, 4) is 0 Å². The topological polar surface area (TPSA) is 79.8 Å². The summed E-state index contributed by atoms with van der Waals surface area (Å²) in [5.74, 6) is 0.836. The summed E-state index contributed by atoms with van der Waals surface area (Å²) >= 11 is 3.41. The first kappa shape index (κ1) is 17.0. The molecule has 2 N–H and O–H groups in total. The Kier molecular flexibility index (Phi) is 5.35. The van der Waals surface area contributed by atoms with E-state index in [-0.39, 0.29) is 5.91 Å². The van der Waals surface area contributed by atoms with Gasteiger partial charge in [-0.2, -0.15) is 0 Å². The number of hydrogen-bond donors (Lipinski definition) is 2. The number of aromatic nitrogens is 3. The molecule has 25 heavy (non-hydrogen) atoms. The number of carbonyl (C=O) groups is 1. The summed E-state index contributed by atoms with van der Waals surface area (Å²) < 4.78 is 0.810. The third kappa shape index (κ3) is 4.60. The highest BCUT2D eigenvalue weighted by atomic mass is 79.9. The predicted octanol–water partition coefficient (Wildman–Crippen LogP) is 3.81. The lowest BCUT2D eigenvalue weighted by Crippen LogP contribution is -2.16. The minimum atomic E-state index is -0.288. The van der Waals surface area contributed by atoms with Crippen molar-refractivity contribution >= 4 is 33.3 Å². The Morgan fingerprint density at radius 2 is 1.88 bits per heavy atom. The fourth-order valence-corrected chi connectivity index (χ4v) is 2.60. The van der Waals surface area contributed by atoms with Gasteiger partial charge >= 0.3 is 0 Å². The molecule has 1 aromatic carbocycles. The predicted molar refractivity (Wildman–Crippen MR) is 100 cm³/mol. The van der Waals surface area contributed by atoms with Crippen molar-refractivity contribution in [1.29, 1.82) is 0 Å². The molecule has 2 aromatic heterocycles. The van der Waals surface area contributed by atoms with Crippen LogP contribution < -0.4 is 10.6 Å². The molecule has 6 nitrogen and oxygen atoms in total. The van der Waals surface area contributed by atoms with Gasteiger partial charge < -0.3 is 10.6 Å². The van der Waals surface area contributed by atoms with Gasteiger partial charge in [-0.05, 0) is 52.7 Å². The molecular formula is C18H16BrN5O. The van der Waals surface area contributed by atoms with E-state index >= 15 is 0 Å². The van der Waals surface area contributed by atoms with Crippen molar-refractivity contribution < 1.29 is 4.79 Å². The van der Waals surface area contributed by atoms with Crippen molar-refractivity contribution in [2.45, 2.75) is 13.5 Å². The highest BCUT2D eigenvalue weighted by Gasteiger charge is 2.12. The standard InChI is InChI=1S/C18H16BrN5O/c1-12-22-16(18(25)24-15-5-3-2-4-14(15)19)10-17(23-12)21-11-13-6-8-20-9-7-13/h2-10H,11H2,1H3,(H,24,25)(H,21,22,23). The average Bonchev–Trinajstić information content (AvgIpc) is 2.62. The number of benzene rings is 1. The van der Waals surface area contributed by atoms with Gasteiger partial charge in [0, 0.05) is 29.5 Å². The van der Waals surface area contributed by atoms with Crippen molar-refractivity contribution in [3.05, 3.63) is 76.4 Å². The second-order valence-corrected chi connectivity index (χ2v) is 6.18. The largest absolute Gasteiger partial charge is 0.366 e. The molecule has 7 heteroatoms. The lowest BCUT2D eigenvalue weighted by Gasteiger charge is -2.10. The van der Waals surface area contributed by atoms with Gasteiger partial charge in [0.25, 0.3) is 5.91 Å². The normalized spacial score (nSPS) is 10.3. The van der Waals surface area contributed by atoms with Crippen molar-refractivity contribution in [2.75, 3.05) is 10.6 Å². The number of rotatable bonds is 5. The van der Waals surface area contributed by atoms with E-state index in [1.165, 1.54) is 0 Å². The Labute approximate surface area is 153 Å². The summed E-state index contributed by atoms with van der Waals surface area (Å²) in [7, 11) is 0. The molecule has 0 radical (unpaired) electrons. The van der Waals surface area contributed by atoms with Crippen molar-refractivity contribution in [3.63, 3.8) is 0 Å². The summed E-state index contributed by atoms with van der Waals surface area (Å²) in [5.41, 5.74) is 2.07. The molecule has 3 rings (SSSR count). The highest BCUT2D eigenvalue weighted by molar-refractivity contribution is 9.10. The van der Waals surface area contributed by atoms with Crippen LogP contribution in [0.4, 0.5) is 11.5 Å². The molecule has 0 aliphatic carbocycles. The summed E-state index contributed by atoms with van der Waals surface area (Å²) in [5, 5.41) is 6.05. The number of halogens is 1. The monoisotopic (exact) mass is 397 g/mol. The zero-order valence-electron chi connectivity index (χ0n) is 13.5. The van der Waals surface area contributed by atoms with Crippen molar-refractivity contribution in [2.24, 2.45) is 0 Å². The van der Waals surface area contributed by atoms with Crippen LogP contribution in [0.3, 0.4) is 0 Å². The summed E-state index contributed by atoms with van der Waals surface area (Å²) in [6, 6.07) is 12.9. The van der Waals surface area contributed by atoms with E-state index in [1.807, 2.05) is 36.4 Å². The molecule has 126 valence electrons. The zero-order chi connectivity index (χ0) is 17.6. The number of pyridine rings is 1. The van der Waals surface area contributed by atoms with E-state index in [9.17, 15) is 4.79 Å². The molecule has 0 fully saturated rings. The van der Waals surface area contributed by atoms with Crippen LogP contribution in [-0.4, -0.2) is 20.9 Å². The van der Waals surface area contributed by atoms with Gasteiger partial charge in [-0.3, -0.25) is 9.78 Å². The zero-order valence-corrected chi connectivity index (χ0v) is 15.1. The number of carbonyl (C=O) groups excluding carboxylic acids is 1. The summed E-state index contributed by atoms with van der Waals surface area (Å²) in [6.07, 6.45) is 3.47. The number of aryl methyl sites for hydroxylation is 1. The average molecular weight is 398 g/mol. The number of para-hydroxylation sites is 1. The highest BCUT2D eigenvalue weighted by Crippen LogP contribution is 2.22. The van der Waals surface area contributed by atoms with E-state index in [0.29, 0.717) is 29.6 Å². The summed E-state index contributed by atoms with van der Waals surface area (Å²) in [6.45, 7) is 2.34. The van der Waals surface area contributed by atoms with Gasteiger partial charge in [0.05, 0.1) is 5.69 Å². The van der Waals surface area contributed by atoms with Crippen LogP contribution in [0.25, 0.3) is 0 Å². The van der Waals surface area contributed by atoms with E-state index in [4.69, 9.17) is 0 Å². The number of hydrogen-bond acceptors (Lipinski definition) is 5. The first-order chi connectivity index (χ1) is 12.1. The summed E-state index contributed by atoms with van der Waals surface area (Å²) in [4.78, 5) is 25.0. The van der Waals surface area contributed by atoms with E-state index in [0.717, 1.165) is 10.0 Å². The third-order valence-corrected chi connectivity index (χ3v) is 4.11. The first-order valence-electron chi connectivity index (χ1n) is 7.66. The quantitative estimate of drug-likeness (QED) is 0.684. The molecule has 0 spiro atoms. The Morgan fingerprint density at radius 1 is 1.12 bits per heavy atom. The van der Waals surface area contributed by atoms with Crippen LogP contribution in [0.1, 0.15) is 21.9 Å². The molecule has 2 heterocycles. The van der Waals surface area contributed by atoms with Crippen LogP contribution in [0.5, 0.6) is 0 Å².